The molecule has 3 rings (SSSR count). The molecular weight excluding hydrogens is 256 g/mol. The number of benzene rings is 1. The molecule has 1 fully saturated rings. The number of halogens is 1. The van der Waals surface area contributed by atoms with Crippen molar-refractivity contribution in [1.82, 2.24) is 9.88 Å². The van der Waals surface area contributed by atoms with Crippen LogP contribution in [0, 0.1) is 5.92 Å². The fourth-order valence-corrected chi connectivity index (χ4v) is 2.86. The SMILES string of the molecule is CNC(c1ccn(Cc2ccccc2Cl)c1)C1CC1. The molecule has 0 radical (unpaired) electrons. The van der Waals surface area contributed by atoms with Crippen LogP contribution in [0.1, 0.15) is 30.0 Å². The summed E-state index contributed by atoms with van der Waals surface area (Å²) in [5.74, 6) is 0.821. The Kier molecular flexibility index (Phi) is 3.63. The van der Waals surface area contributed by atoms with E-state index in [4.69, 9.17) is 11.6 Å². The zero-order chi connectivity index (χ0) is 13.2. The molecule has 1 aromatic heterocycles. The second-order valence-corrected chi connectivity index (χ2v) is 5.72. The molecule has 1 N–H and O–H groups in total. The molecule has 1 aromatic carbocycles. The summed E-state index contributed by atoms with van der Waals surface area (Å²) in [4.78, 5) is 0. The number of hydrogen-bond donors (Lipinski definition) is 1. The third kappa shape index (κ3) is 2.85. The fraction of sp³-hybridized carbons (Fsp3) is 0.375. The Labute approximate surface area is 119 Å². The van der Waals surface area contributed by atoms with Crippen LogP contribution in [0.2, 0.25) is 5.02 Å². The van der Waals surface area contributed by atoms with Crippen molar-refractivity contribution in [3.05, 3.63) is 58.9 Å². The summed E-state index contributed by atoms with van der Waals surface area (Å²) >= 11 is 6.21. The molecule has 0 aliphatic heterocycles. The van der Waals surface area contributed by atoms with Gasteiger partial charge in [-0.15, -0.1) is 0 Å². The lowest BCUT2D eigenvalue weighted by atomic mass is 10.1. The van der Waals surface area contributed by atoms with Crippen molar-refractivity contribution < 1.29 is 0 Å². The highest BCUT2D eigenvalue weighted by Gasteiger charge is 2.31. The lowest BCUT2D eigenvalue weighted by molar-refractivity contribution is 0.528. The average Bonchev–Trinajstić information content (AvgIpc) is 3.14. The summed E-state index contributed by atoms with van der Waals surface area (Å²) in [6, 6.07) is 10.8. The van der Waals surface area contributed by atoms with Gasteiger partial charge in [0.1, 0.15) is 0 Å². The quantitative estimate of drug-likeness (QED) is 0.876. The summed E-state index contributed by atoms with van der Waals surface area (Å²) in [5, 5.41) is 4.27. The molecule has 0 bridgehead atoms. The molecule has 1 heterocycles. The summed E-state index contributed by atoms with van der Waals surface area (Å²) in [6.07, 6.45) is 7.08. The minimum absolute atomic E-state index is 0.507. The van der Waals surface area contributed by atoms with E-state index >= 15 is 0 Å². The summed E-state index contributed by atoms with van der Waals surface area (Å²) in [5.41, 5.74) is 2.55. The number of aromatic nitrogens is 1. The van der Waals surface area contributed by atoms with E-state index in [9.17, 15) is 0 Å². The first-order valence-corrected chi connectivity index (χ1v) is 7.22. The lowest BCUT2D eigenvalue weighted by Gasteiger charge is -2.13. The fourth-order valence-electron chi connectivity index (χ4n) is 2.67. The Hall–Kier alpha value is -1.25. The highest BCUT2D eigenvalue weighted by molar-refractivity contribution is 6.31. The third-order valence-corrected chi connectivity index (χ3v) is 4.22. The first kappa shape index (κ1) is 12.8. The Morgan fingerprint density at radius 3 is 2.79 bits per heavy atom. The highest BCUT2D eigenvalue weighted by Crippen LogP contribution is 2.40. The zero-order valence-electron chi connectivity index (χ0n) is 11.1. The smallest absolute Gasteiger partial charge is 0.0485 e. The van der Waals surface area contributed by atoms with E-state index in [2.05, 4.69) is 34.4 Å². The van der Waals surface area contributed by atoms with Crippen LogP contribution in [0.5, 0.6) is 0 Å². The minimum Gasteiger partial charge on any atom is -0.350 e. The highest BCUT2D eigenvalue weighted by atomic mass is 35.5. The van der Waals surface area contributed by atoms with E-state index in [1.165, 1.54) is 24.0 Å². The molecule has 1 aliphatic carbocycles. The van der Waals surface area contributed by atoms with Crippen LogP contribution >= 0.6 is 11.6 Å². The maximum Gasteiger partial charge on any atom is 0.0485 e. The van der Waals surface area contributed by atoms with Crippen LogP contribution in [0.25, 0.3) is 0 Å². The van der Waals surface area contributed by atoms with Gasteiger partial charge in [0, 0.05) is 30.0 Å². The van der Waals surface area contributed by atoms with Crippen molar-refractivity contribution in [2.75, 3.05) is 7.05 Å². The van der Waals surface area contributed by atoms with E-state index in [1.807, 2.05) is 25.2 Å². The first-order valence-electron chi connectivity index (χ1n) is 6.84. The van der Waals surface area contributed by atoms with Crippen LogP contribution in [0.15, 0.2) is 42.7 Å². The van der Waals surface area contributed by atoms with Gasteiger partial charge >= 0.3 is 0 Å². The monoisotopic (exact) mass is 274 g/mol. The summed E-state index contributed by atoms with van der Waals surface area (Å²) < 4.78 is 2.21. The predicted molar refractivity (Wildman–Crippen MR) is 79.5 cm³/mol. The predicted octanol–water partition coefficient (Wildman–Crippen LogP) is 3.86. The van der Waals surface area contributed by atoms with Gasteiger partial charge in [-0.2, -0.15) is 0 Å². The molecule has 2 nitrogen and oxygen atoms in total. The molecule has 1 atom stereocenters. The molecule has 0 amide bonds. The molecular formula is C16H19ClN2. The second-order valence-electron chi connectivity index (χ2n) is 5.31. The van der Waals surface area contributed by atoms with Crippen molar-refractivity contribution in [3.63, 3.8) is 0 Å². The lowest BCUT2D eigenvalue weighted by Crippen LogP contribution is -2.17. The van der Waals surface area contributed by atoms with Gasteiger partial charge in [-0.1, -0.05) is 29.8 Å². The summed E-state index contributed by atoms with van der Waals surface area (Å²) in [6.45, 7) is 0.834. The Morgan fingerprint density at radius 2 is 2.11 bits per heavy atom. The van der Waals surface area contributed by atoms with Gasteiger partial charge in [0.2, 0.25) is 0 Å². The van der Waals surface area contributed by atoms with E-state index < -0.39 is 0 Å². The van der Waals surface area contributed by atoms with Gasteiger partial charge in [-0.25, -0.2) is 0 Å². The Bertz CT molecular complexity index is 557. The van der Waals surface area contributed by atoms with Gasteiger partial charge in [0.15, 0.2) is 0 Å². The molecule has 1 unspecified atom stereocenters. The molecule has 1 aliphatic rings. The van der Waals surface area contributed by atoms with Crippen LogP contribution in [0.3, 0.4) is 0 Å². The average molecular weight is 275 g/mol. The number of hydrogen-bond acceptors (Lipinski definition) is 1. The second kappa shape index (κ2) is 5.40. The van der Waals surface area contributed by atoms with E-state index in [-0.39, 0.29) is 0 Å². The first-order chi connectivity index (χ1) is 9.28. The van der Waals surface area contributed by atoms with Crippen LogP contribution in [-0.2, 0) is 6.54 Å². The van der Waals surface area contributed by atoms with E-state index in [0.717, 1.165) is 17.5 Å². The molecule has 0 saturated heterocycles. The summed E-state index contributed by atoms with van der Waals surface area (Å²) in [7, 11) is 2.05. The van der Waals surface area contributed by atoms with E-state index in [1.54, 1.807) is 0 Å². The number of nitrogens with zero attached hydrogens (tertiary/aromatic N) is 1. The van der Waals surface area contributed by atoms with Crippen molar-refractivity contribution >= 4 is 11.6 Å². The Balaban J connectivity index is 1.76. The number of rotatable bonds is 5. The molecule has 19 heavy (non-hydrogen) atoms. The standard InChI is InChI=1S/C16H19ClN2/c1-18-16(12-6-7-12)14-8-9-19(11-14)10-13-4-2-3-5-15(13)17/h2-5,8-9,11-12,16,18H,6-7,10H2,1H3. The van der Waals surface area contributed by atoms with Crippen LogP contribution in [-0.4, -0.2) is 11.6 Å². The third-order valence-electron chi connectivity index (χ3n) is 3.85. The molecule has 0 spiro atoms. The van der Waals surface area contributed by atoms with Gasteiger partial charge < -0.3 is 9.88 Å². The topological polar surface area (TPSA) is 17.0 Å². The van der Waals surface area contributed by atoms with Gasteiger partial charge in [-0.3, -0.25) is 0 Å². The maximum absolute atomic E-state index is 6.21. The van der Waals surface area contributed by atoms with Crippen LogP contribution < -0.4 is 5.32 Å². The molecule has 2 aromatic rings. The van der Waals surface area contributed by atoms with Gasteiger partial charge in [0.25, 0.3) is 0 Å². The van der Waals surface area contributed by atoms with Crippen molar-refractivity contribution in [2.45, 2.75) is 25.4 Å². The number of nitrogens with one attached hydrogen (secondary N) is 1. The minimum atomic E-state index is 0.507. The Morgan fingerprint density at radius 1 is 1.32 bits per heavy atom. The van der Waals surface area contributed by atoms with Crippen molar-refractivity contribution in [3.8, 4) is 0 Å². The molecule has 1 saturated carbocycles. The van der Waals surface area contributed by atoms with Gasteiger partial charge in [-0.05, 0) is 49.1 Å². The molecule has 3 heteroatoms. The normalized spacial score (nSPS) is 16.5. The van der Waals surface area contributed by atoms with Crippen LogP contribution in [0.4, 0.5) is 0 Å². The molecule has 100 valence electrons. The van der Waals surface area contributed by atoms with E-state index in [0.29, 0.717) is 6.04 Å². The van der Waals surface area contributed by atoms with Gasteiger partial charge in [0.05, 0.1) is 0 Å². The zero-order valence-corrected chi connectivity index (χ0v) is 11.9. The maximum atomic E-state index is 6.21. The van der Waals surface area contributed by atoms with Crippen molar-refractivity contribution in [1.29, 1.82) is 0 Å². The van der Waals surface area contributed by atoms with Crippen molar-refractivity contribution in [2.24, 2.45) is 5.92 Å². The largest absolute Gasteiger partial charge is 0.350 e.